The quantitative estimate of drug-likeness (QED) is 0.568. The molecular weight excluding hydrogens is 435 g/mol. The number of amides is 1. The number of sulfonamides is 1. The molecule has 1 aromatic rings. The molecule has 1 amide bonds. The maximum atomic E-state index is 13.0. The van der Waals surface area contributed by atoms with Crippen LogP contribution in [0.15, 0.2) is 23.1 Å². The van der Waals surface area contributed by atoms with Crippen molar-refractivity contribution < 1.29 is 31.1 Å². The Bertz CT molecular complexity index is 880. The first-order valence-electron chi connectivity index (χ1n) is 10.3. The minimum absolute atomic E-state index is 0.0163. The molecule has 0 spiro atoms. The van der Waals surface area contributed by atoms with Gasteiger partial charge in [-0.05, 0) is 43.9 Å². The number of benzene rings is 1. The SMILES string of the molecule is Cc1ccc(S(=O)(=O)NC2CC2)cc1C(=O)N1CCN(CCCOCC(F)(F)F)CC1. The van der Waals surface area contributed by atoms with Crippen molar-refractivity contribution in [3.8, 4) is 0 Å². The molecule has 1 heterocycles. The fourth-order valence-electron chi connectivity index (χ4n) is 3.41. The zero-order valence-corrected chi connectivity index (χ0v) is 18.3. The number of hydrogen-bond acceptors (Lipinski definition) is 5. The topological polar surface area (TPSA) is 79.0 Å². The van der Waals surface area contributed by atoms with Crippen LogP contribution in [0.1, 0.15) is 35.2 Å². The van der Waals surface area contributed by atoms with E-state index >= 15 is 0 Å². The van der Waals surface area contributed by atoms with Crippen molar-refractivity contribution in [2.75, 3.05) is 45.9 Å². The van der Waals surface area contributed by atoms with Gasteiger partial charge in [0, 0.05) is 50.9 Å². The molecule has 1 aromatic carbocycles. The number of halogens is 3. The maximum absolute atomic E-state index is 13.0. The number of alkyl halides is 3. The van der Waals surface area contributed by atoms with Crippen LogP contribution in [0.4, 0.5) is 13.2 Å². The van der Waals surface area contributed by atoms with E-state index in [-0.39, 0.29) is 23.5 Å². The van der Waals surface area contributed by atoms with Crippen molar-refractivity contribution in [3.05, 3.63) is 29.3 Å². The Morgan fingerprint density at radius 3 is 2.48 bits per heavy atom. The zero-order valence-electron chi connectivity index (χ0n) is 17.5. The van der Waals surface area contributed by atoms with Gasteiger partial charge in [-0.1, -0.05) is 6.07 Å². The van der Waals surface area contributed by atoms with Gasteiger partial charge in [-0.2, -0.15) is 13.2 Å². The average molecular weight is 464 g/mol. The van der Waals surface area contributed by atoms with Crippen molar-refractivity contribution in [2.24, 2.45) is 0 Å². The van der Waals surface area contributed by atoms with E-state index in [1.807, 2.05) is 0 Å². The second-order valence-electron chi connectivity index (χ2n) is 8.03. The molecule has 174 valence electrons. The van der Waals surface area contributed by atoms with E-state index in [2.05, 4.69) is 14.4 Å². The fraction of sp³-hybridized carbons (Fsp3) is 0.650. The molecule has 0 radical (unpaired) electrons. The lowest BCUT2D eigenvalue weighted by molar-refractivity contribution is -0.174. The molecule has 2 aliphatic rings. The molecule has 1 N–H and O–H groups in total. The molecule has 31 heavy (non-hydrogen) atoms. The smallest absolute Gasteiger partial charge is 0.372 e. The largest absolute Gasteiger partial charge is 0.411 e. The number of aryl methyl sites for hydroxylation is 1. The van der Waals surface area contributed by atoms with E-state index in [1.54, 1.807) is 17.9 Å². The van der Waals surface area contributed by atoms with Crippen LogP contribution in [-0.2, 0) is 14.8 Å². The summed E-state index contributed by atoms with van der Waals surface area (Å²) >= 11 is 0. The summed E-state index contributed by atoms with van der Waals surface area (Å²) in [6.07, 6.45) is -2.17. The highest BCUT2D eigenvalue weighted by Crippen LogP contribution is 2.24. The summed E-state index contributed by atoms with van der Waals surface area (Å²) in [5.41, 5.74) is 1.08. The van der Waals surface area contributed by atoms with E-state index in [9.17, 15) is 26.4 Å². The van der Waals surface area contributed by atoms with Crippen LogP contribution in [0.3, 0.4) is 0 Å². The third-order valence-corrected chi connectivity index (χ3v) is 6.86. The van der Waals surface area contributed by atoms with Gasteiger partial charge >= 0.3 is 6.18 Å². The van der Waals surface area contributed by atoms with E-state index < -0.39 is 22.8 Å². The van der Waals surface area contributed by atoms with Crippen LogP contribution in [0.5, 0.6) is 0 Å². The number of hydrogen-bond donors (Lipinski definition) is 1. The number of piperazine rings is 1. The highest BCUT2D eigenvalue weighted by Gasteiger charge is 2.30. The molecule has 0 bridgehead atoms. The third kappa shape index (κ3) is 7.16. The number of nitrogens with one attached hydrogen (secondary N) is 1. The van der Waals surface area contributed by atoms with Gasteiger partial charge in [-0.25, -0.2) is 13.1 Å². The van der Waals surface area contributed by atoms with E-state index in [0.29, 0.717) is 50.3 Å². The Hall–Kier alpha value is -1.69. The van der Waals surface area contributed by atoms with Gasteiger partial charge in [-0.15, -0.1) is 0 Å². The third-order valence-electron chi connectivity index (χ3n) is 5.34. The summed E-state index contributed by atoms with van der Waals surface area (Å²) in [4.78, 5) is 16.9. The Labute approximate surface area is 180 Å². The summed E-state index contributed by atoms with van der Waals surface area (Å²) in [5.74, 6) is -0.214. The van der Waals surface area contributed by atoms with Gasteiger partial charge in [-0.3, -0.25) is 9.69 Å². The molecule has 1 aliphatic heterocycles. The van der Waals surface area contributed by atoms with Gasteiger partial charge in [0.05, 0.1) is 4.90 Å². The molecule has 11 heteroatoms. The van der Waals surface area contributed by atoms with Crippen molar-refractivity contribution in [1.29, 1.82) is 0 Å². The van der Waals surface area contributed by atoms with Gasteiger partial charge in [0.25, 0.3) is 5.91 Å². The molecule has 0 unspecified atom stereocenters. The van der Waals surface area contributed by atoms with E-state index in [1.165, 1.54) is 12.1 Å². The van der Waals surface area contributed by atoms with Crippen LogP contribution in [0, 0.1) is 6.92 Å². The van der Waals surface area contributed by atoms with Crippen molar-refractivity contribution >= 4 is 15.9 Å². The second-order valence-corrected chi connectivity index (χ2v) is 9.74. The predicted octanol–water partition coefficient (Wildman–Crippen LogP) is 2.16. The summed E-state index contributed by atoms with van der Waals surface area (Å²) in [7, 11) is -3.64. The van der Waals surface area contributed by atoms with Crippen LogP contribution >= 0.6 is 0 Å². The van der Waals surface area contributed by atoms with Gasteiger partial charge in [0.2, 0.25) is 10.0 Å². The fourth-order valence-corrected chi connectivity index (χ4v) is 4.74. The molecule has 1 aliphatic carbocycles. The van der Waals surface area contributed by atoms with Gasteiger partial charge in [0.15, 0.2) is 0 Å². The highest BCUT2D eigenvalue weighted by molar-refractivity contribution is 7.89. The highest BCUT2D eigenvalue weighted by atomic mass is 32.2. The normalized spacial score (nSPS) is 18.4. The predicted molar refractivity (Wildman–Crippen MR) is 108 cm³/mol. The van der Waals surface area contributed by atoms with Crippen molar-refractivity contribution in [1.82, 2.24) is 14.5 Å². The molecule has 1 saturated heterocycles. The maximum Gasteiger partial charge on any atom is 0.411 e. The second kappa shape index (κ2) is 9.85. The molecule has 7 nitrogen and oxygen atoms in total. The first-order valence-corrected chi connectivity index (χ1v) is 11.8. The molecule has 0 atom stereocenters. The lowest BCUT2D eigenvalue weighted by Gasteiger charge is -2.35. The Morgan fingerprint density at radius 2 is 1.87 bits per heavy atom. The lowest BCUT2D eigenvalue weighted by Crippen LogP contribution is -2.49. The first-order chi connectivity index (χ1) is 14.5. The Morgan fingerprint density at radius 1 is 1.19 bits per heavy atom. The number of rotatable bonds is 9. The van der Waals surface area contributed by atoms with Gasteiger partial charge in [0.1, 0.15) is 6.61 Å². The summed E-state index contributed by atoms with van der Waals surface area (Å²) in [5, 5.41) is 0. The minimum atomic E-state index is -4.31. The number of nitrogens with zero attached hydrogens (tertiary/aromatic N) is 2. The van der Waals surface area contributed by atoms with E-state index in [0.717, 1.165) is 12.8 Å². The molecule has 3 rings (SSSR count). The Balaban J connectivity index is 1.50. The molecule has 1 saturated carbocycles. The van der Waals surface area contributed by atoms with Crippen LogP contribution in [0.25, 0.3) is 0 Å². The summed E-state index contributed by atoms with van der Waals surface area (Å²) in [6.45, 7) is 3.32. The monoisotopic (exact) mass is 463 g/mol. The van der Waals surface area contributed by atoms with Gasteiger partial charge < -0.3 is 9.64 Å². The standard InChI is InChI=1S/C20H28F3N3O4S/c1-15-3-6-17(31(28,29)24-16-4-5-16)13-18(15)19(27)26-10-8-25(9-11-26)7-2-12-30-14-20(21,22)23/h3,6,13,16,24H,2,4-5,7-12,14H2,1H3. The number of carbonyl (C=O) groups is 1. The molecule has 2 fully saturated rings. The zero-order chi connectivity index (χ0) is 22.6. The van der Waals surface area contributed by atoms with Crippen LogP contribution < -0.4 is 4.72 Å². The van der Waals surface area contributed by atoms with E-state index in [4.69, 9.17) is 0 Å². The number of ether oxygens (including phenoxy) is 1. The average Bonchev–Trinajstić information content (AvgIpc) is 3.50. The molecular formula is C20H28F3N3O4S. The lowest BCUT2D eigenvalue weighted by atomic mass is 10.1. The summed E-state index contributed by atoms with van der Waals surface area (Å²) in [6, 6.07) is 4.58. The van der Waals surface area contributed by atoms with Crippen LogP contribution in [0.2, 0.25) is 0 Å². The molecule has 0 aromatic heterocycles. The first kappa shape index (κ1) is 24.0. The minimum Gasteiger partial charge on any atom is -0.372 e. The summed E-state index contributed by atoms with van der Waals surface area (Å²) < 4.78 is 68.4. The number of carbonyl (C=O) groups excluding carboxylic acids is 1. The van der Waals surface area contributed by atoms with Crippen molar-refractivity contribution in [3.63, 3.8) is 0 Å². The van der Waals surface area contributed by atoms with Crippen molar-refractivity contribution in [2.45, 2.75) is 43.3 Å². The Kier molecular flexibility index (Phi) is 7.61. The van der Waals surface area contributed by atoms with Crippen LogP contribution in [-0.4, -0.2) is 82.3 Å².